The summed E-state index contributed by atoms with van der Waals surface area (Å²) in [6.07, 6.45) is 2.58. The molecule has 1 saturated heterocycles. The summed E-state index contributed by atoms with van der Waals surface area (Å²) in [4.78, 5) is 13.1. The molecule has 1 fully saturated rings. The second-order valence-corrected chi connectivity index (χ2v) is 5.36. The third-order valence-electron chi connectivity index (χ3n) is 3.57. The Morgan fingerprint density at radius 3 is 3.11 bits per heavy atom. The van der Waals surface area contributed by atoms with Gasteiger partial charge in [-0.1, -0.05) is 6.92 Å². The summed E-state index contributed by atoms with van der Waals surface area (Å²) >= 11 is 0. The Bertz CT molecular complexity index is 391. The molecule has 2 atom stereocenters. The summed E-state index contributed by atoms with van der Waals surface area (Å²) in [5.74, 6) is 0.773. The standard InChI is InChI=1S/C14H22N2O3/c1-11-7-15-8-12(4-5-14(17)18)16(9-11)10-13-3-2-6-19-13/h2-3,6,11-12,15H,4-5,7-10H2,1H3,(H,17,18). The fraction of sp³-hybridized carbons (Fsp3) is 0.643. The van der Waals surface area contributed by atoms with E-state index in [-0.39, 0.29) is 12.5 Å². The molecule has 1 aliphatic rings. The smallest absolute Gasteiger partial charge is 0.303 e. The van der Waals surface area contributed by atoms with Crippen LogP contribution in [0.3, 0.4) is 0 Å². The van der Waals surface area contributed by atoms with E-state index in [1.807, 2.05) is 12.1 Å². The molecule has 0 radical (unpaired) electrons. The number of furan rings is 1. The normalized spacial score (nSPS) is 25.1. The first-order valence-corrected chi connectivity index (χ1v) is 6.84. The first-order valence-electron chi connectivity index (χ1n) is 6.84. The van der Waals surface area contributed by atoms with Crippen molar-refractivity contribution in [3.05, 3.63) is 24.2 Å². The minimum atomic E-state index is -0.727. The lowest BCUT2D eigenvalue weighted by atomic mass is 10.1. The molecule has 1 aromatic rings. The van der Waals surface area contributed by atoms with Crippen LogP contribution in [0.4, 0.5) is 0 Å². The molecule has 0 aliphatic carbocycles. The molecule has 0 amide bonds. The van der Waals surface area contributed by atoms with Gasteiger partial charge in [0, 0.05) is 25.6 Å². The molecule has 5 nitrogen and oxygen atoms in total. The molecule has 2 unspecified atom stereocenters. The fourth-order valence-electron chi connectivity index (χ4n) is 2.61. The molecular weight excluding hydrogens is 244 g/mol. The molecule has 2 heterocycles. The number of aliphatic carboxylic acids is 1. The van der Waals surface area contributed by atoms with Crippen molar-refractivity contribution in [1.82, 2.24) is 10.2 Å². The first-order chi connectivity index (χ1) is 9.15. The summed E-state index contributed by atoms with van der Waals surface area (Å²) in [5, 5.41) is 12.3. The fourth-order valence-corrected chi connectivity index (χ4v) is 2.61. The quantitative estimate of drug-likeness (QED) is 0.846. The number of nitrogens with one attached hydrogen (secondary N) is 1. The van der Waals surface area contributed by atoms with Gasteiger partial charge in [-0.15, -0.1) is 0 Å². The molecule has 0 saturated carbocycles. The van der Waals surface area contributed by atoms with Gasteiger partial charge in [-0.05, 0) is 31.0 Å². The maximum absolute atomic E-state index is 10.8. The highest BCUT2D eigenvalue weighted by atomic mass is 16.4. The number of hydrogen-bond acceptors (Lipinski definition) is 4. The second-order valence-electron chi connectivity index (χ2n) is 5.36. The minimum absolute atomic E-state index is 0.218. The molecule has 5 heteroatoms. The third-order valence-corrected chi connectivity index (χ3v) is 3.57. The zero-order valence-corrected chi connectivity index (χ0v) is 11.3. The maximum atomic E-state index is 10.8. The zero-order chi connectivity index (χ0) is 13.7. The van der Waals surface area contributed by atoms with E-state index in [4.69, 9.17) is 9.52 Å². The third kappa shape index (κ3) is 4.36. The average Bonchev–Trinajstić information content (AvgIpc) is 2.78. The number of carboxylic acid groups (broad SMARTS) is 1. The van der Waals surface area contributed by atoms with Crippen LogP contribution in [0.15, 0.2) is 22.8 Å². The molecule has 19 heavy (non-hydrogen) atoms. The molecule has 106 valence electrons. The molecule has 0 spiro atoms. The predicted octanol–water partition coefficient (Wildman–Crippen LogP) is 1.55. The van der Waals surface area contributed by atoms with Gasteiger partial charge < -0.3 is 14.8 Å². The number of carbonyl (C=O) groups is 1. The van der Waals surface area contributed by atoms with Crippen molar-refractivity contribution in [2.24, 2.45) is 5.92 Å². The van der Waals surface area contributed by atoms with Gasteiger partial charge in [0.05, 0.1) is 12.8 Å². The van der Waals surface area contributed by atoms with Crippen molar-refractivity contribution in [1.29, 1.82) is 0 Å². The highest BCUT2D eigenvalue weighted by Crippen LogP contribution is 2.17. The van der Waals surface area contributed by atoms with Gasteiger partial charge in [0.25, 0.3) is 0 Å². The summed E-state index contributed by atoms with van der Waals surface area (Å²) in [6, 6.07) is 4.12. The Morgan fingerprint density at radius 2 is 2.42 bits per heavy atom. The lowest BCUT2D eigenvalue weighted by Gasteiger charge is -2.29. The molecule has 2 N–H and O–H groups in total. The van der Waals surface area contributed by atoms with Crippen LogP contribution >= 0.6 is 0 Å². The van der Waals surface area contributed by atoms with Gasteiger partial charge in [-0.25, -0.2) is 0 Å². The molecule has 1 aromatic heterocycles. The van der Waals surface area contributed by atoms with E-state index in [1.54, 1.807) is 6.26 Å². The van der Waals surface area contributed by atoms with Crippen molar-refractivity contribution < 1.29 is 14.3 Å². The number of nitrogens with zero attached hydrogens (tertiary/aromatic N) is 1. The van der Waals surface area contributed by atoms with E-state index >= 15 is 0 Å². The van der Waals surface area contributed by atoms with Gasteiger partial charge in [0.2, 0.25) is 0 Å². The van der Waals surface area contributed by atoms with E-state index in [9.17, 15) is 4.79 Å². The summed E-state index contributed by atoms with van der Waals surface area (Å²) < 4.78 is 5.41. The van der Waals surface area contributed by atoms with E-state index in [2.05, 4.69) is 17.1 Å². The minimum Gasteiger partial charge on any atom is -0.481 e. The zero-order valence-electron chi connectivity index (χ0n) is 11.3. The predicted molar refractivity (Wildman–Crippen MR) is 71.8 cm³/mol. The Balaban J connectivity index is 2.00. The Hall–Kier alpha value is -1.33. The number of rotatable bonds is 5. The van der Waals surface area contributed by atoms with E-state index in [0.717, 1.165) is 31.9 Å². The van der Waals surface area contributed by atoms with Crippen molar-refractivity contribution >= 4 is 5.97 Å². The van der Waals surface area contributed by atoms with Crippen molar-refractivity contribution in [2.75, 3.05) is 19.6 Å². The molecule has 2 rings (SSSR count). The van der Waals surface area contributed by atoms with Crippen molar-refractivity contribution in [3.63, 3.8) is 0 Å². The van der Waals surface area contributed by atoms with Crippen LogP contribution in [0.5, 0.6) is 0 Å². The maximum Gasteiger partial charge on any atom is 0.303 e. The number of carboxylic acids is 1. The Labute approximate surface area is 113 Å². The lowest BCUT2D eigenvalue weighted by molar-refractivity contribution is -0.137. The van der Waals surface area contributed by atoms with Crippen molar-refractivity contribution in [2.45, 2.75) is 32.4 Å². The Morgan fingerprint density at radius 1 is 1.58 bits per heavy atom. The van der Waals surface area contributed by atoms with Crippen LogP contribution in [-0.2, 0) is 11.3 Å². The summed E-state index contributed by atoms with van der Waals surface area (Å²) in [7, 11) is 0. The largest absolute Gasteiger partial charge is 0.481 e. The van der Waals surface area contributed by atoms with Gasteiger partial charge >= 0.3 is 5.97 Å². The van der Waals surface area contributed by atoms with Crippen molar-refractivity contribution in [3.8, 4) is 0 Å². The van der Waals surface area contributed by atoms with E-state index in [1.165, 1.54) is 0 Å². The van der Waals surface area contributed by atoms with Crippen LogP contribution in [0.2, 0.25) is 0 Å². The van der Waals surface area contributed by atoms with Crippen LogP contribution in [0.25, 0.3) is 0 Å². The van der Waals surface area contributed by atoms with Crippen LogP contribution in [0, 0.1) is 5.92 Å². The molecular formula is C14H22N2O3. The monoisotopic (exact) mass is 266 g/mol. The van der Waals surface area contributed by atoms with Gasteiger partial charge in [0.15, 0.2) is 0 Å². The van der Waals surface area contributed by atoms with Gasteiger partial charge in [-0.3, -0.25) is 9.69 Å². The van der Waals surface area contributed by atoms with Crippen LogP contribution in [-0.4, -0.2) is 41.7 Å². The SMILES string of the molecule is CC1CNCC(CCC(=O)O)N(Cc2ccco2)C1. The summed E-state index contributed by atoms with van der Waals surface area (Å²) in [6.45, 7) is 5.76. The van der Waals surface area contributed by atoms with Gasteiger partial charge in [-0.2, -0.15) is 0 Å². The summed E-state index contributed by atoms with van der Waals surface area (Å²) in [5.41, 5.74) is 0. The second kappa shape index (κ2) is 6.73. The average molecular weight is 266 g/mol. The Kier molecular flexibility index (Phi) is 4.99. The van der Waals surface area contributed by atoms with E-state index in [0.29, 0.717) is 12.3 Å². The van der Waals surface area contributed by atoms with Crippen LogP contribution in [0.1, 0.15) is 25.5 Å². The first kappa shape index (κ1) is 14.1. The number of hydrogen-bond donors (Lipinski definition) is 2. The molecule has 0 aromatic carbocycles. The topological polar surface area (TPSA) is 65.7 Å². The molecule has 0 bridgehead atoms. The lowest BCUT2D eigenvalue weighted by Crippen LogP contribution is -2.40. The highest BCUT2D eigenvalue weighted by molar-refractivity contribution is 5.66. The van der Waals surface area contributed by atoms with Crippen LogP contribution < -0.4 is 5.32 Å². The molecule has 1 aliphatic heterocycles. The van der Waals surface area contributed by atoms with Gasteiger partial charge in [0.1, 0.15) is 5.76 Å². The highest BCUT2D eigenvalue weighted by Gasteiger charge is 2.25. The van der Waals surface area contributed by atoms with E-state index < -0.39 is 5.97 Å².